The van der Waals surface area contributed by atoms with Crippen LogP contribution in [0, 0.1) is 10.1 Å². The standard InChI is InChI=1S/C10H13N3O4/c1-6(9(11)10(14)15)12-7-4-2-3-5-8(7)13(16)17/h2-6,9,12H,11H2,1H3,(H,14,15). The van der Waals surface area contributed by atoms with Crippen LogP contribution in [0.5, 0.6) is 0 Å². The second kappa shape index (κ2) is 5.26. The summed E-state index contributed by atoms with van der Waals surface area (Å²) < 4.78 is 0. The topological polar surface area (TPSA) is 118 Å². The number of para-hydroxylation sites is 2. The Labute approximate surface area is 97.4 Å². The Bertz CT molecular complexity index is 435. The maximum atomic E-state index is 10.7. The second-order valence-corrected chi connectivity index (χ2v) is 3.57. The van der Waals surface area contributed by atoms with E-state index >= 15 is 0 Å². The third-order valence-corrected chi connectivity index (χ3v) is 2.31. The summed E-state index contributed by atoms with van der Waals surface area (Å²) in [5, 5.41) is 22.2. The van der Waals surface area contributed by atoms with E-state index in [0.717, 1.165) is 0 Å². The van der Waals surface area contributed by atoms with Crippen LogP contribution >= 0.6 is 0 Å². The van der Waals surface area contributed by atoms with Gasteiger partial charge in [0.2, 0.25) is 0 Å². The van der Waals surface area contributed by atoms with Crippen molar-refractivity contribution in [2.24, 2.45) is 5.73 Å². The largest absolute Gasteiger partial charge is 0.480 e. The Morgan fingerprint density at radius 2 is 2.12 bits per heavy atom. The lowest BCUT2D eigenvalue weighted by Crippen LogP contribution is -2.44. The molecule has 0 saturated carbocycles. The molecule has 0 radical (unpaired) electrons. The molecular formula is C10H13N3O4. The van der Waals surface area contributed by atoms with Crippen molar-refractivity contribution in [2.45, 2.75) is 19.0 Å². The van der Waals surface area contributed by atoms with Gasteiger partial charge in [0.05, 0.1) is 4.92 Å². The summed E-state index contributed by atoms with van der Waals surface area (Å²) in [6, 6.07) is 4.24. The number of rotatable bonds is 5. The molecule has 17 heavy (non-hydrogen) atoms. The molecule has 2 atom stereocenters. The van der Waals surface area contributed by atoms with Crippen LogP contribution in [-0.2, 0) is 4.79 Å². The molecule has 0 spiro atoms. The van der Waals surface area contributed by atoms with E-state index in [9.17, 15) is 14.9 Å². The van der Waals surface area contributed by atoms with Crippen LogP contribution in [0.25, 0.3) is 0 Å². The molecule has 0 heterocycles. The first-order valence-corrected chi connectivity index (χ1v) is 4.92. The lowest BCUT2D eigenvalue weighted by molar-refractivity contribution is -0.384. The number of carboxylic acid groups (broad SMARTS) is 1. The summed E-state index contributed by atoms with van der Waals surface area (Å²) in [5.74, 6) is -1.16. The van der Waals surface area contributed by atoms with Crippen LogP contribution in [0.1, 0.15) is 6.92 Å². The quantitative estimate of drug-likeness (QED) is 0.516. The number of nitrogens with zero attached hydrogens (tertiary/aromatic N) is 1. The van der Waals surface area contributed by atoms with Crippen LogP contribution < -0.4 is 11.1 Å². The van der Waals surface area contributed by atoms with Crippen molar-refractivity contribution in [1.82, 2.24) is 0 Å². The van der Waals surface area contributed by atoms with E-state index in [2.05, 4.69) is 5.32 Å². The predicted molar refractivity (Wildman–Crippen MR) is 61.8 cm³/mol. The summed E-state index contributed by atoms with van der Waals surface area (Å²) in [4.78, 5) is 20.8. The van der Waals surface area contributed by atoms with Gasteiger partial charge in [-0.3, -0.25) is 14.9 Å². The van der Waals surface area contributed by atoms with Crippen molar-refractivity contribution < 1.29 is 14.8 Å². The smallest absolute Gasteiger partial charge is 0.322 e. The molecule has 4 N–H and O–H groups in total. The Kier molecular flexibility index (Phi) is 4.00. The van der Waals surface area contributed by atoms with Crippen LogP contribution in [0.4, 0.5) is 11.4 Å². The van der Waals surface area contributed by atoms with E-state index in [-0.39, 0.29) is 11.4 Å². The van der Waals surface area contributed by atoms with E-state index < -0.39 is 23.0 Å². The highest BCUT2D eigenvalue weighted by molar-refractivity contribution is 5.75. The summed E-state index contributed by atoms with van der Waals surface area (Å²) in [5.41, 5.74) is 5.54. The molecule has 0 saturated heterocycles. The summed E-state index contributed by atoms with van der Waals surface area (Å²) in [7, 11) is 0. The molecule has 0 aliphatic rings. The molecule has 1 aromatic carbocycles. The number of nitrogens with two attached hydrogens (primary N) is 1. The average molecular weight is 239 g/mol. The molecular weight excluding hydrogens is 226 g/mol. The van der Waals surface area contributed by atoms with Gasteiger partial charge >= 0.3 is 5.97 Å². The molecule has 0 fully saturated rings. The number of carbonyl (C=O) groups is 1. The van der Waals surface area contributed by atoms with Gasteiger partial charge in [0, 0.05) is 12.1 Å². The number of nitro benzene ring substituents is 1. The van der Waals surface area contributed by atoms with Crippen LogP contribution in [0.15, 0.2) is 24.3 Å². The molecule has 0 bridgehead atoms. The molecule has 7 nitrogen and oxygen atoms in total. The van der Waals surface area contributed by atoms with Gasteiger partial charge in [-0.2, -0.15) is 0 Å². The summed E-state index contributed by atoms with van der Waals surface area (Å²) in [6.07, 6.45) is 0. The van der Waals surface area contributed by atoms with Gasteiger partial charge in [-0.15, -0.1) is 0 Å². The van der Waals surface area contributed by atoms with Gasteiger partial charge in [0.15, 0.2) is 0 Å². The Morgan fingerprint density at radius 1 is 1.53 bits per heavy atom. The van der Waals surface area contributed by atoms with Gasteiger partial charge in [-0.1, -0.05) is 12.1 Å². The Balaban J connectivity index is 2.88. The zero-order valence-corrected chi connectivity index (χ0v) is 9.16. The summed E-state index contributed by atoms with van der Waals surface area (Å²) >= 11 is 0. The minimum Gasteiger partial charge on any atom is -0.480 e. The van der Waals surface area contributed by atoms with Crippen molar-refractivity contribution in [2.75, 3.05) is 5.32 Å². The van der Waals surface area contributed by atoms with E-state index in [0.29, 0.717) is 0 Å². The fraction of sp³-hybridized carbons (Fsp3) is 0.300. The number of aliphatic carboxylic acids is 1. The highest BCUT2D eigenvalue weighted by Gasteiger charge is 2.22. The van der Waals surface area contributed by atoms with E-state index in [1.54, 1.807) is 13.0 Å². The molecule has 0 aromatic heterocycles. The zero-order valence-electron chi connectivity index (χ0n) is 9.16. The number of hydrogen-bond donors (Lipinski definition) is 3. The number of benzene rings is 1. The number of anilines is 1. The van der Waals surface area contributed by atoms with Crippen LogP contribution in [-0.4, -0.2) is 28.1 Å². The lowest BCUT2D eigenvalue weighted by atomic mass is 10.1. The molecule has 0 amide bonds. The minimum absolute atomic E-state index is 0.114. The molecule has 1 rings (SSSR count). The maximum absolute atomic E-state index is 10.7. The van der Waals surface area contributed by atoms with Crippen LogP contribution in [0.3, 0.4) is 0 Å². The van der Waals surface area contributed by atoms with Gasteiger partial charge in [-0.05, 0) is 13.0 Å². The third-order valence-electron chi connectivity index (χ3n) is 2.31. The molecule has 1 aromatic rings. The first-order valence-electron chi connectivity index (χ1n) is 4.92. The van der Waals surface area contributed by atoms with Crippen molar-refractivity contribution in [1.29, 1.82) is 0 Å². The van der Waals surface area contributed by atoms with Crippen LogP contribution in [0.2, 0.25) is 0 Å². The fourth-order valence-electron chi connectivity index (χ4n) is 1.30. The minimum atomic E-state index is -1.16. The normalized spacial score (nSPS) is 13.8. The van der Waals surface area contributed by atoms with Crippen molar-refractivity contribution in [3.8, 4) is 0 Å². The summed E-state index contributed by atoms with van der Waals surface area (Å²) in [6.45, 7) is 1.55. The Hall–Kier alpha value is -2.15. The lowest BCUT2D eigenvalue weighted by Gasteiger charge is -2.18. The molecule has 92 valence electrons. The monoisotopic (exact) mass is 239 g/mol. The second-order valence-electron chi connectivity index (χ2n) is 3.57. The third kappa shape index (κ3) is 3.15. The highest BCUT2D eigenvalue weighted by atomic mass is 16.6. The van der Waals surface area contributed by atoms with Crippen molar-refractivity contribution in [3.63, 3.8) is 0 Å². The van der Waals surface area contributed by atoms with Gasteiger partial charge < -0.3 is 16.2 Å². The number of carboxylic acids is 1. The van der Waals surface area contributed by atoms with Gasteiger partial charge in [-0.25, -0.2) is 0 Å². The number of hydrogen-bond acceptors (Lipinski definition) is 5. The average Bonchev–Trinajstić information content (AvgIpc) is 2.28. The van der Waals surface area contributed by atoms with Crippen molar-refractivity contribution in [3.05, 3.63) is 34.4 Å². The molecule has 2 unspecified atom stereocenters. The molecule has 7 heteroatoms. The fourth-order valence-corrected chi connectivity index (χ4v) is 1.30. The van der Waals surface area contributed by atoms with Gasteiger partial charge in [0.25, 0.3) is 5.69 Å². The first kappa shape index (κ1) is 12.9. The van der Waals surface area contributed by atoms with E-state index in [1.807, 2.05) is 0 Å². The SMILES string of the molecule is CC(Nc1ccccc1[N+](=O)[O-])C(N)C(=O)O. The zero-order chi connectivity index (χ0) is 13.0. The maximum Gasteiger partial charge on any atom is 0.322 e. The van der Waals surface area contributed by atoms with E-state index in [1.165, 1.54) is 18.2 Å². The van der Waals surface area contributed by atoms with Crippen molar-refractivity contribution >= 4 is 17.3 Å². The number of nitrogens with one attached hydrogen (secondary N) is 1. The molecule has 0 aliphatic heterocycles. The highest BCUT2D eigenvalue weighted by Crippen LogP contribution is 2.24. The first-order chi connectivity index (χ1) is 7.93. The van der Waals surface area contributed by atoms with Gasteiger partial charge in [0.1, 0.15) is 11.7 Å². The molecule has 0 aliphatic carbocycles. The Morgan fingerprint density at radius 3 is 2.65 bits per heavy atom. The predicted octanol–water partition coefficient (Wildman–Crippen LogP) is 0.807. The number of nitro groups is 1. The van der Waals surface area contributed by atoms with E-state index in [4.69, 9.17) is 10.8 Å².